The molecule has 0 radical (unpaired) electrons. The Morgan fingerprint density at radius 3 is 2.34 bits per heavy atom. The van der Waals surface area contributed by atoms with Crippen molar-refractivity contribution in [3.8, 4) is 17.2 Å². The SMILES string of the molecule is CCCCC1CCC(c2ccc(-c3ccc4c(F)c(C#N)ccc4c3)cc2)CC1. The first-order valence-electron chi connectivity index (χ1n) is 10.9. The van der Waals surface area contributed by atoms with Gasteiger partial charge in [0.1, 0.15) is 11.9 Å². The zero-order valence-corrected chi connectivity index (χ0v) is 17.1. The van der Waals surface area contributed by atoms with Crippen molar-refractivity contribution in [3.63, 3.8) is 0 Å². The Labute approximate surface area is 173 Å². The molecule has 29 heavy (non-hydrogen) atoms. The van der Waals surface area contributed by atoms with Crippen LogP contribution in [0.3, 0.4) is 0 Å². The summed E-state index contributed by atoms with van der Waals surface area (Å²) < 4.78 is 14.3. The Balaban J connectivity index is 1.49. The minimum atomic E-state index is -0.429. The predicted octanol–water partition coefficient (Wildman–Crippen LogP) is 7.98. The van der Waals surface area contributed by atoms with Crippen molar-refractivity contribution in [1.29, 1.82) is 5.26 Å². The molecule has 1 nitrogen and oxygen atoms in total. The van der Waals surface area contributed by atoms with Crippen molar-refractivity contribution in [2.75, 3.05) is 0 Å². The Hall–Kier alpha value is -2.66. The molecule has 148 valence electrons. The second-order valence-electron chi connectivity index (χ2n) is 8.46. The fourth-order valence-electron chi connectivity index (χ4n) is 4.78. The van der Waals surface area contributed by atoms with Gasteiger partial charge in [0, 0.05) is 5.39 Å². The summed E-state index contributed by atoms with van der Waals surface area (Å²) in [7, 11) is 0. The molecule has 0 aliphatic heterocycles. The summed E-state index contributed by atoms with van der Waals surface area (Å²) in [6, 6.07) is 20.0. The van der Waals surface area contributed by atoms with Gasteiger partial charge in [0.15, 0.2) is 0 Å². The molecule has 1 aliphatic rings. The molecule has 0 N–H and O–H groups in total. The van der Waals surface area contributed by atoms with E-state index in [1.54, 1.807) is 12.1 Å². The van der Waals surface area contributed by atoms with Gasteiger partial charge in [-0.25, -0.2) is 4.39 Å². The standard InChI is InChI=1S/C27H28FN/c1-2-3-4-19-5-7-20(8-6-19)21-9-11-22(12-10-21)23-15-16-26-24(17-23)13-14-25(18-29)27(26)28/h9-17,19-20H,2-8H2,1H3. The Bertz CT molecular complexity index is 1020. The number of nitrogens with zero attached hydrogens (tertiary/aromatic N) is 1. The van der Waals surface area contributed by atoms with E-state index in [9.17, 15) is 4.39 Å². The van der Waals surface area contributed by atoms with Crippen molar-refractivity contribution in [3.05, 3.63) is 71.5 Å². The summed E-state index contributed by atoms with van der Waals surface area (Å²) in [4.78, 5) is 0. The van der Waals surface area contributed by atoms with Crippen LogP contribution < -0.4 is 0 Å². The molecule has 0 heterocycles. The maximum absolute atomic E-state index is 14.3. The van der Waals surface area contributed by atoms with Crippen LogP contribution in [0.25, 0.3) is 21.9 Å². The molecular formula is C27H28FN. The maximum Gasteiger partial charge on any atom is 0.148 e. The molecule has 0 amide bonds. The smallest absolute Gasteiger partial charge is 0.148 e. The third-order valence-corrected chi connectivity index (χ3v) is 6.60. The number of hydrogen-bond donors (Lipinski definition) is 0. The number of rotatable bonds is 5. The summed E-state index contributed by atoms with van der Waals surface area (Å²) >= 11 is 0. The molecule has 3 aromatic carbocycles. The quantitative estimate of drug-likeness (QED) is 0.437. The second-order valence-corrected chi connectivity index (χ2v) is 8.46. The topological polar surface area (TPSA) is 23.8 Å². The molecular weight excluding hydrogens is 357 g/mol. The van der Waals surface area contributed by atoms with Gasteiger partial charge in [-0.2, -0.15) is 5.26 Å². The fraction of sp³-hybridized carbons (Fsp3) is 0.370. The maximum atomic E-state index is 14.3. The normalized spacial score (nSPS) is 19.2. The first-order valence-corrected chi connectivity index (χ1v) is 10.9. The van der Waals surface area contributed by atoms with E-state index in [1.807, 2.05) is 24.3 Å². The summed E-state index contributed by atoms with van der Waals surface area (Å²) in [5, 5.41) is 10.3. The highest BCUT2D eigenvalue weighted by atomic mass is 19.1. The largest absolute Gasteiger partial charge is 0.205 e. The summed E-state index contributed by atoms with van der Waals surface area (Å²) in [6.45, 7) is 2.28. The van der Waals surface area contributed by atoms with Crippen LogP contribution in [-0.2, 0) is 0 Å². The third-order valence-electron chi connectivity index (χ3n) is 6.60. The Kier molecular flexibility index (Phi) is 5.95. The fourth-order valence-corrected chi connectivity index (χ4v) is 4.78. The summed E-state index contributed by atoms with van der Waals surface area (Å²) in [5.41, 5.74) is 3.78. The van der Waals surface area contributed by atoms with Crippen LogP contribution in [0.5, 0.6) is 0 Å². The highest BCUT2D eigenvalue weighted by molar-refractivity contribution is 5.88. The van der Waals surface area contributed by atoms with Crippen LogP contribution in [-0.4, -0.2) is 0 Å². The van der Waals surface area contributed by atoms with E-state index in [2.05, 4.69) is 31.2 Å². The van der Waals surface area contributed by atoms with Crippen LogP contribution in [0, 0.1) is 23.1 Å². The highest BCUT2D eigenvalue weighted by Crippen LogP contribution is 2.38. The lowest BCUT2D eigenvalue weighted by Gasteiger charge is -2.29. The number of fused-ring (bicyclic) bond motifs is 1. The number of hydrogen-bond acceptors (Lipinski definition) is 1. The average molecular weight is 386 g/mol. The minimum absolute atomic E-state index is 0.0963. The molecule has 0 spiro atoms. The lowest BCUT2D eigenvalue weighted by atomic mass is 9.77. The first kappa shape index (κ1) is 19.6. The number of unbranched alkanes of at least 4 members (excludes halogenated alkanes) is 1. The van der Waals surface area contributed by atoms with Crippen molar-refractivity contribution in [1.82, 2.24) is 0 Å². The van der Waals surface area contributed by atoms with Gasteiger partial charge >= 0.3 is 0 Å². The molecule has 1 fully saturated rings. The molecule has 1 aliphatic carbocycles. The molecule has 3 aromatic rings. The summed E-state index contributed by atoms with van der Waals surface area (Å²) in [6.07, 6.45) is 9.44. The molecule has 1 saturated carbocycles. The van der Waals surface area contributed by atoms with E-state index in [0.717, 1.165) is 22.4 Å². The first-order chi connectivity index (χ1) is 14.2. The van der Waals surface area contributed by atoms with E-state index in [4.69, 9.17) is 5.26 Å². The van der Waals surface area contributed by atoms with Crippen molar-refractivity contribution in [2.24, 2.45) is 5.92 Å². The summed E-state index contributed by atoms with van der Waals surface area (Å²) in [5.74, 6) is 1.20. The molecule has 0 atom stereocenters. The van der Waals surface area contributed by atoms with Gasteiger partial charge in [-0.1, -0.05) is 68.7 Å². The molecule has 4 rings (SSSR count). The van der Waals surface area contributed by atoms with Gasteiger partial charge in [-0.3, -0.25) is 0 Å². The van der Waals surface area contributed by atoms with E-state index in [0.29, 0.717) is 11.3 Å². The van der Waals surface area contributed by atoms with E-state index < -0.39 is 5.82 Å². The number of nitriles is 1. The van der Waals surface area contributed by atoms with Crippen molar-refractivity contribution < 1.29 is 4.39 Å². The van der Waals surface area contributed by atoms with Gasteiger partial charge in [0.2, 0.25) is 0 Å². The Morgan fingerprint density at radius 2 is 1.66 bits per heavy atom. The van der Waals surface area contributed by atoms with E-state index in [1.165, 1.54) is 50.5 Å². The van der Waals surface area contributed by atoms with Crippen LogP contribution in [0.4, 0.5) is 4.39 Å². The molecule has 0 unspecified atom stereocenters. The van der Waals surface area contributed by atoms with Crippen LogP contribution in [0.2, 0.25) is 0 Å². The van der Waals surface area contributed by atoms with E-state index in [-0.39, 0.29) is 5.56 Å². The minimum Gasteiger partial charge on any atom is -0.205 e. The van der Waals surface area contributed by atoms with Gasteiger partial charge in [-0.15, -0.1) is 0 Å². The molecule has 0 aromatic heterocycles. The molecule has 2 heteroatoms. The van der Waals surface area contributed by atoms with Crippen LogP contribution in [0.15, 0.2) is 54.6 Å². The zero-order chi connectivity index (χ0) is 20.2. The average Bonchev–Trinajstić information content (AvgIpc) is 2.78. The number of halogens is 1. The monoisotopic (exact) mass is 385 g/mol. The lowest BCUT2D eigenvalue weighted by molar-refractivity contribution is 0.304. The molecule has 0 bridgehead atoms. The van der Waals surface area contributed by atoms with Crippen LogP contribution in [0.1, 0.15) is 68.9 Å². The van der Waals surface area contributed by atoms with Crippen LogP contribution >= 0.6 is 0 Å². The van der Waals surface area contributed by atoms with Gasteiger partial charge in [0.25, 0.3) is 0 Å². The Morgan fingerprint density at radius 1 is 0.931 bits per heavy atom. The van der Waals surface area contributed by atoms with Crippen molar-refractivity contribution in [2.45, 2.75) is 57.8 Å². The number of benzene rings is 3. The van der Waals surface area contributed by atoms with Gasteiger partial charge in [0.05, 0.1) is 5.56 Å². The molecule has 0 saturated heterocycles. The van der Waals surface area contributed by atoms with Gasteiger partial charge < -0.3 is 0 Å². The zero-order valence-electron chi connectivity index (χ0n) is 17.1. The van der Waals surface area contributed by atoms with Crippen molar-refractivity contribution >= 4 is 10.8 Å². The third kappa shape index (κ3) is 4.20. The highest BCUT2D eigenvalue weighted by Gasteiger charge is 2.22. The van der Waals surface area contributed by atoms with Gasteiger partial charge in [-0.05, 0) is 71.7 Å². The predicted molar refractivity (Wildman–Crippen MR) is 118 cm³/mol. The second kappa shape index (κ2) is 8.78. The lowest BCUT2D eigenvalue weighted by Crippen LogP contribution is -2.13. The van der Waals surface area contributed by atoms with E-state index >= 15 is 0 Å².